The van der Waals surface area contributed by atoms with Crippen LogP contribution in [0.15, 0.2) is 18.2 Å². The van der Waals surface area contributed by atoms with Gasteiger partial charge in [0.05, 0.1) is 11.6 Å². The summed E-state index contributed by atoms with van der Waals surface area (Å²) >= 11 is 6.24. The molecule has 3 rings (SSSR count). The van der Waals surface area contributed by atoms with E-state index in [1.165, 1.54) is 0 Å². The molecule has 0 bridgehead atoms. The molecular weight excluding hydrogens is 308 g/mol. The largest absolute Gasteiger partial charge is 0.479 e. The lowest BCUT2D eigenvalue weighted by Crippen LogP contribution is -2.62. The van der Waals surface area contributed by atoms with Crippen molar-refractivity contribution in [3.05, 3.63) is 34.5 Å². The minimum Gasteiger partial charge on any atom is -0.479 e. The highest BCUT2D eigenvalue weighted by molar-refractivity contribution is 6.35. The number of halogens is 1. The van der Waals surface area contributed by atoms with Crippen LogP contribution in [-0.2, 0) is 27.3 Å². The quantitative estimate of drug-likeness (QED) is 0.592. The first kappa shape index (κ1) is 14.9. The molecular formula is C15H15ClN2O4. The number of carboxylic acids is 1. The Morgan fingerprint density at radius 3 is 2.91 bits per heavy atom. The van der Waals surface area contributed by atoms with Gasteiger partial charge in [-0.15, -0.1) is 0 Å². The topological polar surface area (TPSA) is 91.4 Å². The zero-order valence-electron chi connectivity index (χ0n) is 11.9. The van der Waals surface area contributed by atoms with Crippen molar-refractivity contribution in [2.45, 2.75) is 25.4 Å². The number of fused-ring (bicyclic) bond motifs is 3. The molecule has 0 amide bonds. The number of carboxylic acid groups (broad SMARTS) is 1. The van der Waals surface area contributed by atoms with Gasteiger partial charge in [-0.2, -0.15) is 0 Å². The van der Waals surface area contributed by atoms with Gasteiger partial charge in [0, 0.05) is 29.6 Å². The number of aromatic nitrogens is 1. The van der Waals surface area contributed by atoms with E-state index in [9.17, 15) is 14.7 Å². The SMILES string of the molecule is CCOC(=O)C1(C(=O)O)Cc2c([nH]c3cccc(Cl)c23)CN1. The molecule has 0 saturated carbocycles. The molecule has 0 fully saturated rings. The molecule has 0 spiro atoms. The highest BCUT2D eigenvalue weighted by Gasteiger charge is 2.50. The zero-order valence-corrected chi connectivity index (χ0v) is 12.7. The fourth-order valence-corrected chi connectivity index (χ4v) is 3.16. The second kappa shape index (κ2) is 5.30. The van der Waals surface area contributed by atoms with E-state index in [4.69, 9.17) is 16.3 Å². The van der Waals surface area contributed by atoms with Crippen LogP contribution in [0.5, 0.6) is 0 Å². The predicted octanol–water partition coefficient (Wildman–Crippen LogP) is 1.85. The average Bonchev–Trinajstić information content (AvgIpc) is 2.85. The van der Waals surface area contributed by atoms with Gasteiger partial charge in [-0.1, -0.05) is 17.7 Å². The summed E-state index contributed by atoms with van der Waals surface area (Å²) in [5, 5.41) is 13.7. The molecule has 1 aliphatic heterocycles. The first-order valence-corrected chi connectivity index (χ1v) is 7.31. The number of ether oxygens (including phenoxy) is 1. The van der Waals surface area contributed by atoms with Crippen LogP contribution in [0.4, 0.5) is 0 Å². The number of H-pyrrole nitrogens is 1. The Bertz CT molecular complexity index is 770. The van der Waals surface area contributed by atoms with Gasteiger partial charge >= 0.3 is 11.9 Å². The third kappa shape index (κ3) is 2.07. The molecule has 3 N–H and O–H groups in total. The number of esters is 1. The summed E-state index contributed by atoms with van der Waals surface area (Å²) < 4.78 is 4.95. The smallest absolute Gasteiger partial charge is 0.338 e. The van der Waals surface area contributed by atoms with Crippen molar-refractivity contribution < 1.29 is 19.4 Å². The molecule has 1 aromatic carbocycles. The number of benzene rings is 1. The fraction of sp³-hybridized carbons (Fsp3) is 0.333. The second-order valence-electron chi connectivity index (χ2n) is 5.21. The normalized spacial score (nSPS) is 20.6. The molecule has 1 unspecified atom stereocenters. The second-order valence-corrected chi connectivity index (χ2v) is 5.61. The van der Waals surface area contributed by atoms with Gasteiger partial charge in [0.1, 0.15) is 0 Å². The van der Waals surface area contributed by atoms with Gasteiger partial charge in [0.2, 0.25) is 5.54 Å². The maximum atomic E-state index is 12.2. The molecule has 1 aliphatic rings. The first-order valence-electron chi connectivity index (χ1n) is 6.93. The van der Waals surface area contributed by atoms with Crippen molar-refractivity contribution in [1.29, 1.82) is 0 Å². The summed E-state index contributed by atoms with van der Waals surface area (Å²) in [6.07, 6.45) is -0.0137. The molecule has 0 radical (unpaired) electrons. The molecule has 7 heteroatoms. The van der Waals surface area contributed by atoms with Crippen molar-refractivity contribution in [1.82, 2.24) is 10.3 Å². The third-order valence-electron chi connectivity index (χ3n) is 3.96. The summed E-state index contributed by atoms with van der Waals surface area (Å²) in [5.41, 5.74) is 0.625. The number of hydrogen-bond donors (Lipinski definition) is 3. The lowest BCUT2D eigenvalue weighted by Gasteiger charge is -2.32. The molecule has 0 aliphatic carbocycles. The minimum atomic E-state index is -1.78. The van der Waals surface area contributed by atoms with E-state index in [1.54, 1.807) is 13.0 Å². The van der Waals surface area contributed by atoms with E-state index in [0.29, 0.717) is 5.02 Å². The van der Waals surface area contributed by atoms with Crippen LogP contribution in [-0.4, -0.2) is 34.2 Å². The van der Waals surface area contributed by atoms with Crippen molar-refractivity contribution in [2.75, 3.05) is 6.61 Å². The van der Waals surface area contributed by atoms with Gasteiger partial charge in [0.15, 0.2) is 0 Å². The van der Waals surface area contributed by atoms with Crippen LogP contribution < -0.4 is 5.32 Å². The van der Waals surface area contributed by atoms with E-state index in [0.717, 1.165) is 22.2 Å². The Kier molecular flexibility index (Phi) is 3.58. The van der Waals surface area contributed by atoms with Crippen molar-refractivity contribution in [3.8, 4) is 0 Å². The number of aliphatic carboxylic acids is 1. The highest BCUT2D eigenvalue weighted by Crippen LogP contribution is 2.35. The van der Waals surface area contributed by atoms with E-state index in [2.05, 4.69) is 10.3 Å². The molecule has 22 heavy (non-hydrogen) atoms. The van der Waals surface area contributed by atoms with Gasteiger partial charge in [0.25, 0.3) is 0 Å². The van der Waals surface area contributed by atoms with Gasteiger partial charge in [-0.25, -0.2) is 9.59 Å². The number of rotatable bonds is 3. The Morgan fingerprint density at radius 2 is 2.23 bits per heavy atom. The van der Waals surface area contributed by atoms with Crippen molar-refractivity contribution >= 4 is 34.4 Å². The van der Waals surface area contributed by atoms with Crippen LogP contribution >= 0.6 is 11.6 Å². The maximum absolute atomic E-state index is 12.2. The van der Waals surface area contributed by atoms with E-state index in [-0.39, 0.29) is 19.6 Å². The van der Waals surface area contributed by atoms with Crippen molar-refractivity contribution in [3.63, 3.8) is 0 Å². The lowest BCUT2D eigenvalue weighted by atomic mass is 9.86. The van der Waals surface area contributed by atoms with E-state index >= 15 is 0 Å². The van der Waals surface area contributed by atoms with Crippen molar-refractivity contribution in [2.24, 2.45) is 0 Å². The fourth-order valence-electron chi connectivity index (χ4n) is 2.87. The van der Waals surface area contributed by atoms with E-state index in [1.807, 2.05) is 12.1 Å². The Hall–Kier alpha value is -2.05. The molecule has 1 aromatic heterocycles. The number of carbonyl (C=O) groups excluding carboxylic acids is 1. The number of carbonyl (C=O) groups is 2. The summed E-state index contributed by atoms with van der Waals surface area (Å²) in [6, 6.07) is 5.43. The van der Waals surface area contributed by atoms with Gasteiger partial charge < -0.3 is 14.8 Å². The van der Waals surface area contributed by atoms with Crippen LogP contribution in [0.3, 0.4) is 0 Å². The highest BCUT2D eigenvalue weighted by atomic mass is 35.5. The van der Waals surface area contributed by atoms with Gasteiger partial charge in [-0.3, -0.25) is 5.32 Å². The number of nitrogens with one attached hydrogen (secondary N) is 2. The van der Waals surface area contributed by atoms with Crippen LogP contribution in [0.1, 0.15) is 18.2 Å². The molecule has 2 aromatic rings. The Morgan fingerprint density at radius 1 is 1.45 bits per heavy atom. The predicted molar refractivity (Wildman–Crippen MR) is 80.9 cm³/mol. The average molecular weight is 323 g/mol. The van der Waals surface area contributed by atoms with Crippen LogP contribution in [0, 0.1) is 0 Å². The number of aromatic amines is 1. The Labute approximate surface area is 131 Å². The standard InChI is InChI=1S/C15H15ClN2O4/c1-2-22-14(21)15(13(19)20)6-8-11(7-17-15)18-10-5-3-4-9(16)12(8)10/h3-5,17-18H,2,6-7H2,1H3,(H,19,20). The summed E-state index contributed by atoms with van der Waals surface area (Å²) in [4.78, 5) is 27.2. The van der Waals surface area contributed by atoms with E-state index < -0.39 is 17.5 Å². The summed E-state index contributed by atoms with van der Waals surface area (Å²) in [7, 11) is 0. The molecule has 2 heterocycles. The molecule has 6 nitrogen and oxygen atoms in total. The number of hydrogen-bond acceptors (Lipinski definition) is 4. The molecule has 0 saturated heterocycles. The first-order chi connectivity index (χ1) is 10.5. The summed E-state index contributed by atoms with van der Waals surface area (Å²) in [6.45, 7) is 1.99. The maximum Gasteiger partial charge on any atom is 0.338 e. The summed E-state index contributed by atoms with van der Waals surface area (Å²) in [5.74, 6) is -2.03. The zero-order chi connectivity index (χ0) is 15.9. The Balaban J connectivity index is 2.13. The molecule has 116 valence electrons. The van der Waals surface area contributed by atoms with Gasteiger partial charge in [-0.05, 0) is 24.6 Å². The third-order valence-corrected chi connectivity index (χ3v) is 4.28. The minimum absolute atomic E-state index is 0.0137. The monoisotopic (exact) mass is 322 g/mol. The molecule has 1 atom stereocenters. The lowest BCUT2D eigenvalue weighted by molar-refractivity contribution is -0.163. The van der Waals surface area contributed by atoms with Crippen LogP contribution in [0.25, 0.3) is 10.9 Å². The van der Waals surface area contributed by atoms with Crippen LogP contribution in [0.2, 0.25) is 5.02 Å².